The molecule has 8 heteroatoms. The SMILES string of the molecule is C=CCOc1ccc(/C=C/C(=O)OCC(=O)NC(=O)NC2CCCCC2)cc1OC. The van der Waals surface area contributed by atoms with Gasteiger partial charge in [0.05, 0.1) is 7.11 Å². The molecular weight excluding hydrogens is 388 g/mol. The highest BCUT2D eigenvalue weighted by Gasteiger charge is 2.17. The molecule has 0 saturated heterocycles. The van der Waals surface area contributed by atoms with E-state index in [0.29, 0.717) is 23.7 Å². The van der Waals surface area contributed by atoms with Gasteiger partial charge in [-0.2, -0.15) is 0 Å². The minimum absolute atomic E-state index is 0.0857. The number of amides is 3. The number of nitrogens with one attached hydrogen (secondary N) is 2. The number of esters is 1. The zero-order valence-corrected chi connectivity index (χ0v) is 17.1. The first-order valence-corrected chi connectivity index (χ1v) is 9.88. The third-order valence-corrected chi connectivity index (χ3v) is 4.50. The van der Waals surface area contributed by atoms with Crippen LogP contribution in [0.5, 0.6) is 11.5 Å². The van der Waals surface area contributed by atoms with Gasteiger partial charge in [-0.05, 0) is 36.6 Å². The molecule has 1 aromatic rings. The largest absolute Gasteiger partial charge is 0.493 e. The third-order valence-electron chi connectivity index (χ3n) is 4.50. The second-order valence-corrected chi connectivity index (χ2v) is 6.81. The molecule has 3 amide bonds. The van der Waals surface area contributed by atoms with Crippen molar-refractivity contribution < 1.29 is 28.6 Å². The minimum atomic E-state index is -0.705. The van der Waals surface area contributed by atoms with Crippen LogP contribution in [-0.2, 0) is 14.3 Å². The van der Waals surface area contributed by atoms with Crippen molar-refractivity contribution in [3.05, 3.63) is 42.5 Å². The normalized spacial score (nSPS) is 14.0. The maximum absolute atomic E-state index is 11.8. The first kappa shape index (κ1) is 23.0. The number of carbonyl (C=O) groups is 3. The van der Waals surface area contributed by atoms with Crippen LogP contribution in [0.1, 0.15) is 37.7 Å². The lowest BCUT2D eigenvalue weighted by Gasteiger charge is -2.22. The summed E-state index contributed by atoms with van der Waals surface area (Å²) in [5, 5.41) is 4.93. The molecule has 0 unspecified atom stereocenters. The standard InChI is InChI=1S/C22H28N2O6/c1-3-13-29-18-11-9-16(14-19(18)28-2)10-12-21(26)30-15-20(25)24-22(27)23-17-7-5-4-6-8-17/h3,9-12,14,17H,1,4-8,13,15H2,2H3,(H2,23,24,25,27)/b12-10+. The summed E-state index contributed by atoms with van der Waals surface area (Å²) >= 11 is 0. The Morgan fingerprint density at radius 2 is 1.93 bits per heavy atom. The molecule has 1 saturated carbocycles. The Morgan fingerprint density at radius 3 is 2.63 bits per heavy atom. The summed E-state index contributed by atoms with van der Waals surface area (Å²) in [5.74, 6) is -0.324. The predicted octanol–water partition coefficient (Wildman–Crippen LogP) is 2.97. The second kappa shape index (κ2) is 12.3. The van der Waals surface area contributed by atoms with E-state index in [-0.39, 0.29) is 6.04 Å². The van der Waals surface area contributed by atoms with Gasteiger partial charge in [0.25, 0.3) is 5.91 Å². The van der Waals surface area contributed by atoms with Crippen LogP contribution in [0.25, 0.3) is 6.08 Å². The minimum Gasteiger partial charge on any atom is -0.493 e. The molecule has 2 N–H and O–H groups in total. The Balaban J connectivity index is 1.76. The summed E-state index contributed by atoms with van der Waals surface area (Å²) in [6.07, 6.45) is 9.46. The van der Waals surface area contributed by atoms with E-state index in [0.717, 1.165) is 25.7 Å². The molecule has 1 aliphatic carbocycles. The molecule has 162 valence electrons. The number of hydrogen-bond acceptors (Lipinski definition) is 6. The van der Waals surface area contributed by atoms with Crippen LogP contribution in [0.3, 0.4) is 0 Å². The fourth-order valence-electron chi connectivity index (χ4n) is 3.04. The fraction of sp³-hybridized carbons (Fsp3) is 0.409. The van der Waals surface area contributed by atoms with Crippen molar-refractivity contribution in [2.24, 2.45) is 0 Å². The van der Waals surface area contributed by atoms with Gasteiger partial charge in [0.1, 0.15) is 6.61 Å². The van der Waals surface area contributed by atoms with Gasteiger partial charge in [-0.25, -0.2) is 9.59 Å². The summed E-state index contributed by atoms with van der Waals surface area (Å²) in [4.78, 5) is 35.4. The van der Waals surface area contributed by atoms with Gasteiger partial charge in [-0.3, -0.25) is 10.1 Å². The predicted molar refractivity (Wildman–Crippen MR) is 112 cm³/mol. The van der Waals surface area contributed by atoms with E-state index in [1.807, 2.05) is 0 Å². The van der Waals surface area contributed by atoms with Gasteiger partial charge < -0.3 is 19.5 Å². The van der Waals surface area contributed by atoms with E-state index >= 15 is 0 Å². The van der Waals surface area contributed by atoms with Crippen molar-refractivity contribution in [3.8, 4) is 11.5 Å². The second-order valence-electron chi connectivity index (χ2n) is 6.81. The van der Waals surface area contributed by atoms with Gasteiger partial charge in [0, 0.05) is 12.1 Å². The summed E-state index contributed by atoms with van der Waals surface area (Å²) in [7, 11) is 1.51. The number of ether oxygens (including phenoxy) is 3. The third kappa shape index (κ3) is 7.98. The smallest absolute Gasteiger partial charge is 0.331 e. The lowest BCUT2D eigenvalue weighted by atomic mass is 9.96. The molecule has 0 spiro atoms. The van der Waals surface area contributed by atoms with Crippen LogP contribution in [0.15, 0.2) is 36.9 Å². The van der Waals surface area contributed by atoms with Crippen LogP contribution in [0.4, 0.5) is 4.79 Å². The molecule has 0 radical (unpaired) electrons. The van der Waals surface area contributed by atoms with Gasteiger partial charge in [-0.15, -0.1) is 0 Å². The quantitative estimate of drug-likeness (QED) is 0.364. The summed E-state index contributed by atoms with van der Waals surface area (Å²) in [6.45, 7) is 3.39. The molecule has 2 rings (SSSR count). The first-order valence-electron chi connectivity index (χ1n) is 9.88. The van der Waals surface area contributed by atoms with Crippen LogP contribution in [0.2, 0.25) is 0 Å². The number of hydrogen-bond donors (Lipinski definition) is 2. The molecular formula is C22H28N2O6. The summed E-state index contributed by atoms with van der Waals surface area (Å²) in [6, 6.07) is 4.68. The van der Waals surface area contributed by atoms with E-state index < -0.39 is 24.5 Å². The van der Waals surface area contributed by atoms with Gasteiger partial charge in [0.2, 0.25) is 0 Å². The van der Waals surface area contributed by atoms with E-state index in [9.17, 15) is 14.4 Å². The number of urea groups is 1. The zero-order chi connectivity index (χ0) is 21.8. The average Bonchev–Trinajstić information content (AvgIpc) is 2.75. The lowest BCUT2D eigenvalue weighted by Crippen LogP contribution is -2.46. The highest BCUT2D eigenvalue weighted by atomic mass is 16.5. The molecule has 0 bridgehead atoms. The van der Waals surface area contributed by atoms with Crippen molar-refractivity contribution in [3.63, 3.8) is 0 Å². The fourth-order valence-corrected chi connectivity index (χ4v) is 3.04. The average molecular weight is 416 g/mol. The number of carbonyl (C=O) groups excluding carboxylic acids is 3. The Kier molecular flexibility index (Phi) is 9.44. The van der Waals surface area contributed by atoms with Crippen LogP contribution < -0.4 is 20.1 Å². The Bertz CT molecular complexity index is 784. The molecule has 0 heterocycles. The van der Waals surface area contributed by atoms with E-state index in [1.54, 1.807) is 24.3 Å². The monoisotopic (exact) mass is 416 g/mol. The van der Waals surface area contributed by atoms with E-state index in [4.69, 9.17) is 14.2 Å². The number of benzene rings is 1. The van der Waals surface area contributed by atoms with Crippen LogP contribution >= 0.6 is 0 Å². The van der Waals surface area contributed by atoms with Crippen molar-refractivity contribution >= 4 is 24.0 Å². The van der Waals surface area contributed by atoms with Crippen molar-refractivity contribution in [1.82, 2.24) is 10.6 Å². The number of imide groups is 1. The van der Waals surface area contributed by atoms with Crippen molar-refractivity contribution in [2.75, 3.05) is 20.3 Å². The molecule has 0 aliphatic heterocycles. The lowest BCUT2D eigenvalue weighted by molar-refractivity contribution is -0.143. The molecule has 1 fully saturated rings. The number of methoxy groups -OCH3 is 1. The summed E-state index contributed by atoms with van der Waals surface area (Å²) in [5.41, 5.74) is 0.686. The number of rotatable bonds is 9. The molecule has 8 nitrogen and oxygen atoms in total. The van der Waals surface area contributed by atoms with E-state index in [1.165, 1.54) is 25.7 Å². The maximum Gasteiger partial charge on any atom is 0.331 e. The molecule has 0 aromatic heterocycles. The highest BCUT2D eigenvalue weighted by molar-refractivity contribution is 5.96. The Labute approximate surface area is 176 Å². The zero-order valence-electron chi connectivity index (χ0n) is 17.1. The summed E-state index contributed by atoms with van der Waals surface area (Å²) < 4.78 is 15.6. The van der Waals surface area contributed by atoms with Crippen molar-refractivity contribution in [2.45, 2.75) is 38.1 Å². The molecule has 1 aromatic carbocycles. The van der Waals surface area contributed by atoms with Crippen LogP contribution in [-0.4, -0.2) is 44.3 Å². The first-order chi connectivity index (χ1) is 14.5. The molecule has 0 atom stereocenters. The van der Waals surface area contributed by atoms with Gasteiger partial charge >= 0.3 is 12.0 Å². The Hall–Kier alpha value is -3.29. The topological polar surface area (TPSA) is 103 Å². The molecule has 30 heavy (non-hydrogen) atoms. The van der Waals surface area contributed by atoms with Crippen LogP contribution in [0, 0.1) is 0 Å². The van der Waals surface area contributed by atoms with E-state index in [2.05, 4.69) is 17.2 Å². The Morgan fingerprint density at radius 1 is 1.17 bits per heavy atom. The van der Waals surface area contributed by atoms with Gasteiger partial charge in [0.15, 0.2) is 18.1 Å². The maximum atomic E-state index is 11.8. The highest BCUT2D eigenvalue weighted by Crippen LogP contribution is 2.28. The van der Waals surface area contributed by atoms with Gasteiger partial charge in [-0.1, -0.05) is 38.0 Å². The van der Waals surface area contributed by atoms with Crippen molar-refractivity contribution in [1.29, 1.82) is 0 Å². The molecule has 1 aliphatic rings.